The Hall–Kier alpha value is -1.77. The third-order valence-corrected chi connectivity index (χ3v) is 3.19. The molecule has 0 bridgehead atoms. The molecule has 0 radical (unpaired) electrons. The summed E-state index contributed by atoms with van der Waals surface area (Å²) in [6.07, 6.45) is 2.86. The minimum Gasteiger partial charge on any atom is -0.398 e. The molecule has 2 N–H and O–H groups in total. The van der Waals surface area contributed by atoms with Gasteiger partial charge in [0.15, 0.2) is 0 Å². The molecular formula is C14H18N2O. The number of likely N-dealkylation sites (tertiary alicyclic amines) is 1. The van der Waals surface area contributed by atoms with Crippen LogP contribution in [0, 0.1) is 0 Å². The quantitative estimate of drug-likeness (QED) is 0.750. The van der Waals surface area contributed by atoms with E-state index in [2.05, 4.69) is 0 Å². The first kappa shape index (κ1) is 11.7. The number of rotatable bonds is 1. The van der Waals surface area contributed by atoms with Crippen molar-refractivity contribution in [2.45, 2.75) is 19.3 Å². The number of benzene rings is 1. The van der Waals surface area contributed by atoms with Crippen LogP contribution in [0.1, 0.15) is 24.8 Å². The van der Waals surface area contributed by atoms with Gasteiger partial charge in [0, 0.05) is 24.9 Å². The van der Waals surface area contributed by atoms with Crippen molar-refractivity contribution in [3.8, 4) is 0 Å². The van der Waals surface area contributed by atoms with E-state index in [4.69, 9.17) is 5.73 Å². The fourth-order valence-electron chi connectivity index (χ4n) is 2.13. The molecule has 1 aromatic carbocycles. The van der Waals surface area contributed by atoms with E-state index in [0.717, 1.165) is 36.9 Å². The number of nitrogens with zero attached hydrogens (tertiary/aromatic N) is 1. The molecule has 17 heavy (non-hydrogen) atoms. The Balaban J connectivity index is 2.38. The molecule has 3 nitrogen and oxygen atoms in total. The lowest BCUT2D eigenvalue weighted by Crippen LogP contribution is -2.28. The molecule has 90 valence electrons. The first-order valence-electron chi connectivity index (χ1n) is 5.99. The third kappa shape index (κ3) is 2.49. The van der Waals surface area contributed by atoms with E-state index in [1.165, 1.54) is 0 Å². The summed E-state index contributed by atoms with van der Waals surface area (Å²) in [7, 11) is 1.84. The van der Waals surface area contributed by atoms with Gasteiger partial charge in [-0.3, -0.25) is 4.79 Å². The van der Waals surface area contributed by atoms with Crippen molar-refractivity contribution in [1.29, 1.82) is 0 Å². The monoisotopic (exact) mass is 230 g/mol. The summed E-state index contributed by atoms with van der Waals surface area (Å²) in [5.74, 6) is 0.0730. The molecule has 2 rings (SSSR count). The van der Waals surface area contributed by atoms with Crippen molar-refractivity contribution >= 4 is 11.6 Å². The van der Waals surface area contributed by atoms with Gasteiger partial charge in [-0.1, -0.05) is 30.3 Å². The van der Waals surface area contributed by atoms with Crippen LogP contribution < -0.4 is 5.73 Å². The highest BCUT2D eigenvalue weighted by atomic mass is 16.2. The van der Waals surface area contributed by atoms with Crippen molar-refractivity contribution in [3.05, 3.63) is 41.5 Å². The van der Waals surface area contributed by atoms with Crippen LogP contribution in [-0.2, 0) is 4.79 Å². The predicted octanol–water partition coefficient (Wildman–Crippen LogP) is 2.00. The van der Waals surface area contributed by atoms with Crippen molar-refractivity contribution < 1.29 is 4.79 Å². The van der Waals surface area contributed by atoms with Gasteiger partial charge >= 0.3 is 0 Å². The van der Waals surface area contributed by atoms with E-state index in [1.807, 2.05) is 37.4 Å². The van der Waals surface area contributed by atoms with Crippen LogP contribution in [0.5, 0.6) is 0 Å². The summed E-state index contributed by atoms with van der Waals surface area (Å²) in [6.45, 7) is 0.824. The second kappa shape index (κ2) is 5.04. The highest BCUT2D eigenvalue weighted by Gasteiger charge is 2.21. The second-order valence-corrected chi connectivity index (χ2v) is 4.44. The van der Waals surface area contributed by atoms with Crippen LogP contribution >= 0.6 is 0 Å². The first-order valence-corrected chi connectivity index (χ1v) is 5.99. The second-order valence-electron chi connectivity index (χ2n) is 4.44. The zero-order valence-corrected chi connectivity index (χ0v) is 10.1. The minimum atomic E-state index is 0.0730. The molecule has 0 saturated carbocycles. The number of nitrogens with two attached hydrogens (primary N) is 1. The van der Waals surface area contributed by atoms with Crippen molar-refractivity contribution in [2.24, 2.45) is 5.73 Å². The molecule has 1 aliphatic heterocycles. The van der Waals surface area contributed by atoms with Crippen LogP contribution in [0.25, 0.3) is 5.70 Å². The number of likely N-dealkylation sites (N-methyl/N-ethyl adjacent to an activating group) is 1. The maximum Gasteiger partial charge on any atom is 0.251 e. The Morgan fingerprint density at radius 1 is 1.24 bits per heavy atom. The smallest absolute Gasteiger partial charge is 0.251 e. The van der Waals surface area contributed by atoms with Crippen molar-refractivity contribution in [1.82, 2.24) is 4.90 Å². The van der Waals surface area contributed by atoms with Crippen LogP contribution in [-0.4, -0.2) is 24.4 Å². The molecule has 0 spiro atoms. The lowest BCUT2D eigenvalue weighted by molar-refractivity contribution is -0.125. The van der Waals surface area contributed by atoms with Gasteiger partial charge in [-0.2, -0.15) is 0 Å². The Labute approximate surface area is 102 Å². The largest absolute Gasteiger partial charge is 0.398 e. The zero-order valence-electron chi connectivity index (χ0n) is 10.1. The predicted molar refractivity (Wildman–Crippen MR) is 69.0 cm³/mol. The van der Waals surface area contributed by atoms with E-state index in [1.54, 1.807) is 4.90 Å². The molecule has 0 atom stereocenters. The van der Waals surface area contributed by atoms with Gasteiger partial charge in [0.25, 0.3) is 5.91 Å². The van der Waals surface area contributed by atoms with E-state index in [0.29, 0.717) is 5.70 Å². The first-order chi connectivity index (χ1) is 8.20. The molecule has 0 aliphatic carbocycles. The topological polar surface area (TPSA) is 46.3 Å². The van der Waals surface area contributed by atoms with Gasteiger partial charge in [0.1, 0.15) is 0 Å². The van der Waals surface area contributed by atoms with Gasteiger partial charge in [-0.15, -0.1) is 0 Å². The number of amides is 1. The summed E-state index contributed by atoms with van der Waals surface area (Å²) in [5.41, 5.74) is 8.45. The summed E-state index contributed by atoms with van der Waals surface area (Å²) in [6, 6.07) is 9.71. The maximum absolute atomic E-state index is 12.1. The standard InChI is InChI=1S/C14H18N2O/c1-16-10-6-5-9-12(14(16)17)13(15)11-7-3-2-4-8-11/h2-4,7-8H,5-6,9-10,15H2,1H3/b13-12-. The molecule has 1 heterocycles. The van der Waals surface area contributed by atoms with Crippen LogP contribution in [0.4, 0.5) is 0 Å². The van der Waals surface area contributed by atoms with Crippen LogP contribution in [0.15, 0.2) is 35.9 Å². The van der Waals surface area contributed by atoms with E-state index in [-0.39, 0.29) is 5.91 Å². The molecule has 1 fully saturated rings. The van der Waals surface area contributed by atoms with Gasteiger partial charge in [-0.25, -0.2) is 0 Å². The highest BCUT2D eigenvalue weighted by Crippen LogP contribution is 2.22. The fraction of sp³-hybridized carbons (Fsp3) is 0.357. The zero-order chi connectivity index (χ0) is 12.3. The molecule has 1 saturated heterocycles. The molecule has 1 aliphatic rings. The normalized spacial score (nSPS) is 20.1. The van der Waals surface area contributed by atoms with E-state index in [9.17, 15) is 4.79 Å². The Kier molecular flexibility index (Phi) is 3.47. The van der Waals surface area contributed by atoms with Crippen molar-refractivity contribution in [3.63, 3.8) is 0 Å². The minimum absolute atomic E-state index is 0.0730. The lowest BCUT2D eigenvalue weighted by atomic mass is 10.0. The Bertz CT molecular complexity index is 437. The van der Waals surface area contributed by atoms with Crippen molar-refractivity contribution in [2.75, 3.05) is 13.6 Å². The highest BCUT2D eigenvalue weighted by molar-refractivity contribution is 6.00. The van der Waals surface area contributed by atoms with E-state index < -0.39 is 0 Å². The Morgan fingerprint density at radius 3 is 2.65 bits per heavy atom. The summed E-state index contributed by atoms with van der Waals surface area (Å²) in [5, 5.41) is 0. The molecule has 1 aromatic rings. The molecule has 3 heteroatoms. The van der Waals surface area contributed by atoms with Gasteiger partial charge in [0.2, 0.25) is 0 Å². The van der Waals surface area contributed by atoms with Gasteiger partial charge in [0.05, 0.1) is 0 Å². The number of carbonyl (C=O) groups is 1. The molecular weight excluding hydrogens is 212 g/mol. The summed E-state index contributed by atoms with van der Waals surface area (Å²) < 4.78 is 0. The lowest BCUT2D eigenvalue weighted by Gasteiger charge is -2.16. The number of hydrogen-bond donors (Lipinski definition) is 1. The third-order valence-electron chi connectivity index (χ3n) is 3.19. The average Bonchev–Trinajstić information content (AvgIpc) is 2.53. The summed E-state index contributed by atoms with van der Waals surface area (Å²) >= 11 is 0. The number of hydrogen-bond acceptors (Lipinski definition) is 2. The summed E-state index contributed by atoms with van der Waals surface area (Å²) in [4.78, 5) is 13.9. The Morgan fingerprint density at radius 2 is 1.94 bits per heavy atom. The van der Waals surface area contributed by atoms with Gasteiger partial charge in [-0.05, 0) is 24.8 Å². The molecule has 1 amide bonds. The molecule has 0 aromatic heterocycles. The van der Waals surface area contributed by atoms with Gasteiger partial charge < -0.3 is 10.6 Å². The van der Waals surface area contributed by atoms with E-state index >= 15 is 0 Å². The van der Waals surface area contributed by atoms with Crippen LogP contribution in [0.2, 0.25) is 0 Å². The average molecular weight is 230 g/mol. The molecule has 0 unspecified atom stereocenters. The fourth-order valence-corrected chi connectivity index (χ4v) is 2.13. The van der Waals surface area contributed by atoms with Crippen LogP contribution in [0.3, 0.4) is 0 Å². The SMILES string of the molecule is CN1CCCC/C(=C(/N)c2ccccc2)C1=O. The number of carbonyl (C=O) groups excluding carboxylic acids is 1. The maximum atomic E-state index is 12.1.